The van der Waals surface area contributed by atoms with Crippen molar-refractivity contribution in [1.29, 1.82) is 0 Å². The van der Waals surface area contributed by atoms with Gasteiger partial charge >= 0.3 is 0 Å². The average Bonchev–Trinajstić information content (AvgIpc) is 3.33. The Morgan fingerprint density at radius 3 is 1.89 bits per heavy atom. The van der Waals surface area contributed by atoms with Crippen molar-refractivity contribution in [2.24, 2.45) is 50.2 Å². The van der Waals surface area contributed by atoms with Gasteiger partial charge in [0.25, 0.3) is 0 Å². The molecule has 4 saturated carbocycles. The van der Waals surface area contributed by atoms with E-state index in [-0.39, 0.29) is 39.4 Å². The third-order valence-corrected chi connectivity index (χ3v) is 20.6. The summed E-state index contributed by atoms with van der Waals surface area (Å²) in [5.41, 5.74) is 1.62. The molecule has 9 N–H and O–H groups in total. The number of carbonyl (C=O) groups excluding carboxylic acids is 1. The zero-order valence-corrected chi connectivity index (χ0v) is 43.4. The molecule has 5 aliphatic carbocycles. The number of aliphatic hydroxyl groups is 8. The van der Waals surface area contributed by atoms with Crippen molar-refractivity contribution in [2.45, 2.75) is 231 Å². The maximum absolute atomic E-state index is 14.7. The summed E-state index contributed by atoms with van der Waals surface area (Å²) in [5, 5.41) is 90.5. The van der Waals surface area contributed by atoms with Crippen molar-refractivity contribution in [3.63, 3.8) is 0 Å². The number of nitrogens with one attached hydrogen (secondary N) is 1. The van der Waals surface area contributed by atoms with Gasteiger partial charge in [0.1, 0.15) is 61.0 Å². The van der Waals surface area contributed by atoms with Crippen LogP contribution in [0.2, 0.25) is 0 Å². The highest BCUT2D eigenvalue weighted by atomic mass is 16.8. The Labute approximate surface area is 419 Å². The van der Waals surface area contributed by atoms with E-state index in [0.717, 1.165) is 63.4 Å². The van der Waals surface area contributed by atoms with Gasteiger partial charge in [-0.3, -0.25) is 4.79 Å². The predicted molar refractivity (Wildman–Crippen MR) is 258 cm³/mol. The van der Waals surface area contributed by atoms with Crippen molar-refractivity contribution in [3.05, 3.63) is 47.5 Å². The topological polar surface area (TPSA) is 246 Å². The number of ether oxygens (including phenoxy) is 6. The summed E-state index contributed by atoms with van der Waals surface area (Å²) in [4.78, 5) is 14.7. The fourth-order valence-corrected chi connectivity index (χ4v) is 16.0. The Balaban J connectivity index is 0.973. The number of allylic oxidation sites excluding steroid dienone is 2. The lowest BCUT2D eigenvalue weighted by Crippen LogP contribution is -2.68. The molecule has 0 radical (unpaired) electrons. The van der Waals surface area contributed by atoms with Crippen LogP contribution in [-0.4, -0.2) is 152 Å². The molecule has 7 fully saturated rings. The van der Waals surface area contributed by atoms with Crippen LogP contribution in [0, 0.1) is 50.2 Å². The lowest BCUT2D eigenvalue weighted by Gasteiger charge is -2.71. The van der Waals surface area contributed by atoms with Crippen LogP contribution in [0.15, 0.2) is 42.0 Å². The van der Waals surface area contributed by atoms with Crippen molar-refractivity contribution in [1.82, 2.24) is 5.32 Å². The zero-order valence-electron chi connectivity index (χ0n) is 43.4. The van der Waals surface area contributed by atoms with Gasteiger partial charge in [-0.15, -0.1) is 0 Å². The van der Waals surface area contributed by atoms with E-state index in [0.29, 0.717) is 18.9 Å². The first kappa shape index (κ1) is 53.7. The Bertz CT molecular complexity index is 2090. The van der Waals surface area contributed by atoms with Gasteiger partial charge in [0.05, 0.1) is 30.3 Å². The van der Waals surface area contributed by atoms with Gasteiger partial charge in [-0.05, 0) is 128 Å². The van der Waals surface area contributed by atoms with Crippen LogP contribution in [0.25, 0.3) is 0 Å². The van der Waals surface area contributed by atoms with E-state index < -0.39 is 116 Å². The fourth-order valence-electron chi connectivity index (χ4n) is 16.0. The molecule has 0 spiro atoms. The highest BCUT2D eigenvalue weighted by Gasteiger charge is 2.70. The second-order valence-electron chi connectivity index (χ2n) is 25.3. The lowest BCUT2D eigenvalue weighted by atomic mass is 9.33. The maximum Gasteiger partial charge on any atom is 0.227 e. The minimum Gasteiger partial charge on any atom is -0.394 e. The molecule has 9 rings (SSSR count). The molecule has 71 heavy (non-hydrogen) atoms. The molecular formula is C55H85NO15. The van der Waals surface area contributed by atoms with Gasteiger partial charge in [0.15, 0.2) is 18.9 Å². The van der Waals surface area contributed by atoms with Gasteiger partial charge in [0, 0.05) is 6.54 Å². The van der Waals surface area contributed by atoms with E-state index in [4.69, 9.17) is 28.4 Å². The number of benzene rings is 1. The number of hydrogen-bond donors (Lipinski definition) is 9. The van der Waals surface area contributed by atoms with Crippen LogP contribution in [0.5, 0.6) is 0 Å². The number of rotatable bonds is 10. The Kier molecular flexibility index (Phi) is 14.7. The normalized spacial score (nSPS) is 50.3. The van der Waals surface area contributed by atoms with Gasteiger partial charge in [-0.1, -0.05) is 90.4 Å². The van der Waals surface area contributed by atoms with Crippen molar-refractivity contribution >= 4 is 5.91 Å². The molecule has 0 bridgehead atoms. The van der Waals surface area contributed by atoms with Crippen LogP contribution < -0.4 is 5.32 Å². The first-order chi connectivity index (χ1) is 33.3. The first-order valence-electron chi connectivity index (χ1n) is 26.7. The number of carbonyl (C=O) groups is 1. The molecular weight excluding hydrogens is 915 g/mol. The Morgan fingerprint density at radius 2 is 1.27 bits per heavy atom. The third-order valence-electron chi connectivity index (χ3n) is 20.6. The highest BCUT2D eigenvalue weighted by Crippen LogP contribution is 2.76. The average molecular weight is 1000 g/mol. The van der Waals surface area contributed by atoms with Gasteiger partial charge < -0.3 is 74.6 Å². The summed E-state index contributed by atoms with van der Waals surface area (Å²) in [7, 11) is 0. The molecule has 0 aromatic heterocycles. The molecule has 3 heterocycles. The predicted octanol–water partition coefficient (Wildman–Crippen LogP) is 3.99. The Hall–Kier alpha value is -2.13. The van der Waals surface area contributed by atoms with Crippen molar-refractivity contribution < 1.29 is 74.1 Å². The number of amides is 1. The summed E-state index contributed by atoms with van der Waals surface area (Å²) in [6.45, 7) is 19.6. The molecule has 3 saturated heterocycles. The van der Waals surface area contributed by atoms with Crippen molar-refractivity contribution in [2.75, 3.05) is 6.61 Å². The molecule has 8 aliphatic rings. The molecule has 3 aliphatic heterocycles. The number of hydrogen-bond acceptors (Lipinski definition) is 15. The van der Waals surface area contributed by atoms with Crippen molar-refractivity contribution in [3.8, 4) is 0 Å². The van der Waals surface area contributed by atoms with Crippen LogP contribution in [-0.2, 0) is 39.8 Å². The third kappa shape index (κ3) is 8.90. The molecule has 1 amide bonds. The Morgan fingerprint density at radius 1 is 0.662 bits per heavy atom. The summed E-state index contributed by atoms with van der Waals surface area (Å²) >= 11 is 0. The summed E-state index contributed by atoms with van der Waals surface area (Å²) in [6, 6.07) is 10.2. The molecule has 16 nitrogen and oxygen atoms in total. The minimum absolute atomic E-state index is 0.0308. The van der Waals surface area contributed by atoms with E-state index in [1.807, 2.05) is 18.2 Å². The SMILES string of the molecule is C[C@@H]1O[C@@H](O[C@H]2[C@H](O[C@H]3CC[C@]4(C)[C@H]5CC=C6[C@@H]7CC(C)(C)CC[C@]7(C(=O)NCc7ccccc7)CC[C@@]6(C)[C@]5(C)CC[C@H]4C3(C)C)O[C@H](CO)[C@@H](O[C@@H]3O[C@@H](C)[C@H](O)[C@@H](O)[C@H]3O)[C@@H]2O)[C@H](O)[C@H](O)[C@H]1O. The highest BCUT2D eigenvalue weighted by molar-refractivity contribution is 5.84. The molecule has 400 valence electrons. The molecule has 0 unspecified atom stereocenters. The molecule has 1 aromatic carbocycles. The second kappa shape index (κ2) is 19.5. The largest absolute Gasteiger partial charge is 0.394 e. The smallest absolute Gasteiger partial charge is 0.227 e. The van der Waals surface area contributed by atoms with E-state index in [9.17, 15) is 45.6 Å². The van der Waals surface area contributed by atoms with Crippen LogP contribution in [0.1, 0.15) is 132 Å². The first-order valence-corrected chi connectivity index (χ1v) is 26.7. The zero-order chi connectivity index (χ0) is 51.4. The lowest BCUT2D eigenvalue weighted by molar-refractivity contribution is -0.393. The van der Waals surface area contributed by atoms with E-state index in [1.165, 1.54) is 19.4 Å². The minimum atomic E-state index is -1.73. The number of aliphatic hydroxyl groups excluding tert-OH is 8. The van der Waals surface area contributed by atoms with Gasteiger partial charge in [-0.25, -0.2) is 0 Å². The summed E-state index contributed by atoms with van der Waals surface area (Å²) in [5.74, 6) is 0.924. The van der Waals surface area contributed by atoms with Crippen LogP contribution in [0.3, 0.4) is 0 Å². The summed E-state index contributed by atoms with van der Waals surface area (Å²) < 4.78 is 37.4. The standard InChI is InChI=1S/C55H85NO15/c1-28-37(58)39(60)41(62)46(66-28)70-44-33(27-57)68-48(45(43(44)64)71-47-42(63)40(61)38(59)29(2)67-47)69-36-18-19-52(7)34(51(36,5)6)17-20-54(9)35(52)16-15-31-32-25-50(3,4)21-23-55(32,24-22-53(31,54)8)49(65)56-26-30-13-11-10-12-14-30/h10-15,28-29,32-48,57-64H,16-27H2,1-9H3,(H,56,65)/t28-,29-,32-,33+,34-,35+,36-,37-,38-,39+,40+,41+,42+,43-,44+,45+,46-,47-,48-,52-,53+,54+,55-/m0/s1. The quantitative estimate of drug-likeness (QED) is 0.119. The van der Waals surface area contributed by atoms with Crippen LogP contribution in [0.4, 0.5) is 0 Å². The van der Waals surface area contributed by atoms with Crippen LogP contribution >= 0.6 is 0 Å². The van der Waals surface area contributed by atoms with E-state index in [2.05, 4.69) is 72.0 Å². The molecule has 16 heteroatoms. The van der Waals surface area contributed by atoms with Gasteiger partial charge in [0.2, 0.25) is 5.91 Å². The second-order valence-corrected chi connectivity index (χ2v) is 25.3. The van der Waals surface area contributed by atoms with E-state index in [1.54, 1.807) is 0 Å². The maximum atomic E-state index is 14.7. The fraction of sp³-hybridized carbons (Fsp3) is 0.836. The van der Waals surface area contributed by atoms with Gasteiger partial charge in [-0.2, -0.15) is 0 Å². The molecule has 23 atom stereocenters. The monoisotopic (exact) mass is 1000 g/mol. The summed E-state index contributed by atoms with van der Waals surface area (Å²) in [6.07, 6.45) is -10.6. The molecule has 1 aromatic rings. The van der Waals surface area contributed by atoms with E-state index >= 15 is 0 Å². The number of fused-ring (bicyclic) bond motifs is 7.